The van der Waals surface area contributed by atoms with Crippen LogP contribution in [0.4, 0.5) is 0 Å². The second-order valence-corrected chi connectivity index (χ2v) is 6.05. The Morgan fingerprint density at radius 1 is 1.59 bits per heavy atom. The maximum atomic E-state index is 12.5. The van der Waals surface area contributed by atoms with Crippen molar-refractivity contribution < 1.29 is 9.32 Å². The van der Waals surface area contributed by atoms with E-state index in [2.05, 4.69) is 22.5 Å². The lowest BCUT2D eigenvalue weighted by molar-refractivity contribution is 0.0928. The van der Waals surface area contributed by atoms with Crippen LogP contribution in [0, 0.1) is 5.92 Å². The van der Waals surface area contributed by atoms with Crippen LogP contribution in [0.5, 0.6) is 0 Å². The molecule has 0 bridgehead atoms. The molecule has 0 spiro atoms. The number of rotatable bonds is 4. The average Bonchev–Trinajstić information content (AvgIpc) is 3.12. The lowest BCUT2D eigenvalue weighted by Gasteiger charge is -2.18. The lowest BCUT2D eigenvalue weighted by atomic mass is 9.88. The van der Waals surface area contributed by atoms with Crippen molar-refractivity contribution in [1.29, 1.82) is 0 Å². The Kier molecular flexibility index (Phi) is 4.00. The molecule has 2 aromatic heterocycles. The van der Waals surface area contributed by atoms with Gasteiger partial charge in [-0.1, -0.05) is 12.1 Å². The van der Waals surface area contributed by atoms with Crippen LogP contribution in [0.3, 0.4) is 0 Å². The van der Waals surface area contributed by atoms with Gasteiger partial charge in [-0.25, -0.2) is 0 Å². The number of hydrogen-bond acceptors (Lipinski definition) is 4. The molecule has 6 heteroatoms. The number of aromatic nitrogens is 3. The first-order valence-electron chi connectivity index (χ1n) is 7.90. The first-order valence-corrected chi connectivity index (χ1v) is 7.90. The van der Waals surface area contributed by atoms with Gasteiger partial charge in [-0.3, -0.25) is 9.48 Å². The molecule has 2 aromatic rings. The highest BCUT2D eigenvalue weighted by Crippen LogP contribution is 2.28. The topological polar surface area (TPSA) is 73.0 Å². The quantitative estimate of drug-likeness (QED) is 0.942. The normalized spacial score (nSPS) is 18.8. The molecule has 1 aliphatic carbocycles. The summed E-state index contributed by atoms with van der Waals surface area (Å²) >= 11 is 0. The van der Waals surface area contributed by atoms with E-state index in [1.165, 1.54) is 0 Å². The Balaban J connectivity index is 1.77. The summed E-state index contributed by atoms with van der Waals surface area (Å²) in [6.45, 7) is 6.95. The van der Waals surface area contributed by atoms with Crippen LogP contribution in [-0.4, -0.2) is 20.8 Å². The van der Waals surface area contributed by atoms with Crippen LogP contribution in [0.25, 0.3) is 0 Å². The van der Waals surface area contributed by atoms with E-state index in [1.54, 1.807) is 6.20 Å². The van der Waals surface area contributed by atoms with Crippen molar-refractivity contribution in [2.75, 3.05) is 0 Å². The highest BCUT2D eigenvalue weighted by Gasteiger charge is 2.27. The molecular formula is C16H22N4O2. The molecule has 3 rings (SSSR count). The van der Waals surface area contributed by atoms with Crippen molar-refractivity contribution in [3.8, 4) is 0 Å². The fourth-order valence-electron chi connectivity index (χ4n) is 3.07. The van der Waals surface area contributed by atoms with E-state index in [0.717, 1.165) is 42.8 Å². The van der Waals surface area contributed by atoms with E-state index in [0.29, 0.717) is 11.6 Å². The number of aryl methyl sites for hydroxylation is 2. The van der Waals surface area contributed by atoms with Crippen LogP contribution in [0.1, 0.15) is 60.7 Å². The smallest absolute Gasteiger partial charge is 0.274 e. The van der Waals surface area contributed by atoms with Crippen molar-refractivity contribution in [2.45, 2.75) is 52.6 Å². The van der Waals surface area contributed by atoms with Gasteiger partial charge in [0.15, 0.2) is 5.69 Å². The summed E-state index contributed by atoms with van der Waals surface area (Å²) in [6.07, 6.45) is 4.58. The minimum atomic E-state index is -0.171. The highest BCUT2D eigenvalue weighted by molar-refractivity contribution is 5.94. The fraction of sp³-hybridized carbons (Fsp3) is 0.562. The molecule has 6 nitrogen and oxygen atoms in total. The summed E-state index contributed by atoms with van der Waals surface area (Å²) in [7, 11) is 0. The first-order chi connectivity index (χ1) is 10.6. The monoisotopic (exact) mass is 302 g/mol. The van der Waals surface area contributed by atoms with E-state index in [1.807, 2.05) is 24.6 Å². The van der Waals surface area contributed by atoms with E-state index < -0.39 is 0 Å². The number of amides is 1. The molecule has 0 saturated carbocycles. The standard InChI is InChI=1S/C16H22N4O2/c1-4-20-13(7-8-17-20)11(3)18-16(21)15-12-9-10(2)5-6-14(12)22-19-15/h7-8,10-11H,4-6,9H2,1-3H3,(H,18,21)/t10-,11-/m0/s1. The van der Waals surface area contributed by atoms with Crippen molar-refractivity contribution in [3.63, 3.8) is 0 Å². The second kappa shape index (κ2) is 5.94. The average molecular weight is 302 g/mol. The van der Waals surface area contributed by atoms with Gasteiger partial charge in [-0.05, 0) is 38.7 Å². The first kappa shape index (κ1) is 14.8. The van der Waals surface area contributed by atoms with Gasteiger partial charge >= 0.3 is 0 Å². The van der Waals surface area contributed by atoms with Gasteiger partial charge in [0.25, 0.3) is 5.91 Å². The zero-order valence-corrected chi connectivity index (χ0v) is 13.3. The maximum absolute atomic E-state index is 12.5. The third-order valence-corrected chi connectivity index (χ3v) is 4.34. The Labute approximate surface area is 129 Å². The molecule has 118 valence electrons. The SMILES string of the molecule is CCn1nccc1[C@H](C)NC(=O)c1noc2c1C[C@@H](C)CC2. The van der Waals surface area contributed by atoms with E-state index in [-0.39, 0.29) is 11.9 Å². The van der Waals surface area contributed by atoms with Crippen molar-refractivity contribution in [2.24, 2.45) is 5.92 Å². The molecule has 1 aliphatic rings. The van der Waals surface area contributed by atoms with E-state index in [4.69, 9.17) is 4.52 Å². The number of nitrogens with zero attached hydrogens (tertiary/aromatic N) is 3. The number of carbonyl (C=O) groups is 1. The molecule has 1 amide bonds. The summed E-state index contributed by atoms with van der Waals surface area (Å²) in [5, 5.41) is 11.2. The Morgan fingerprint density at radius 2 is 2.41 bits per heavy atom. The molecule has 0 unspecified atom stereocenters. The third kappa shape index (κ3) is 2.65. The van der Waals surface area contributed by atoms with Gasteiger partial charge < -0.3 is 9.84 Å². The number of nitrogens with one attached hydrogen (secondary N) is 1. The van der Waals surface area contributed by atoms with Crippen molar-refractivity contribution in [3.05, 3.63) is 35.0 Å². The molecule has 22 heavy (non-hydrogen) atoms. The van der Waals surface area contributed by atoms with Crippen LogP contribution in [0.2, 0.25) is 0 Å². The maximum Gasteiger partial charge on any atom is 0.274 e. The van der Waals surface area contributed by atoms with Crippen LogP contribution in [0.15, 0.2) is 16.8 Å². The number of carbonyl (C=O) groups excluding carboxylic acids is 1. The van der Waals surface area contributed by atoms with Gasteiger partial charge in [-0.2, -0.15) is 5.10 Å². The van der Waals surface area contributed by atoms with Gasteiger partial charge in [0.05, 0.1) is 11.7 Å². The molecule has 0 aliphatic heterocycles. The number of fused-ring (bicyclic) bond motifs is 1. The molecule has 0 saturated heterocycles. The van der Waals surface area contributed by atoms with Crippen LogP contribution >= 0.6 is 0 Å². The molecule has 0 radical (unpaired) electrons. The highest BCUT2D eigenvalue weighted by atomic mass is 16.5. The molecule has 0 aromatic carbocycles. The van der Waals surface area contributed by atoms with E-state index >= 15 is 0 Å². The molecule has 0 fully saturated rings. The Bertz CT molecular complexity index is 673. The minimum absolute atomic E-state index is 0.122. The molecule has 1 N–H and O–H groups in total. The third-order valence-electron chi connectivity index (χ3n) is 4.34. The summed E-state index contributed by atoms with van der Waals surface area (Å²) in [5.74, 6) is 1.27. The largest absolute Gasteiger partial charge is 0.360 e. The summed E-state index contributed by atoms with van der Waals surface area (Å²) in [4.78, 5) is 12.5. The predicted molar refractivity (Wildman–Crippen MR) is 81.5 cm³/mol. The zero-order chi connectivity index (χ0) is 15.7. The summed E-state index contributed by atoms with van der Waals surface area (Å²) < 4.78 is 7.23. The van der Waals surface area contributed by atoms with Crippen LogP contribution < -0.4 is 5.32 Å². The number of hydrogen-bond donors (Lipinski definition) is 1. The fourth-order valence-corrected chi connectivity index (χ4v) is 3.07. The Hall–Kier alpha value is -2.11. The second-order valence-electron chi connectivity index (χ2n) is 6.05. The van der Waals surface area contributed by atoms with Gasteiger partial charge in [0.1, 0.15) is 5.76 Å². The van der Waals surface area contributed by atoms with Gasteiger partial charge in [-0.15, -0.1) is 0 Å². The van der Waals surface area contributed by atoms with Crippen molar-refractivity contribution in [1.82, 2.24) is 20.3 Å². The van der Waals surface area contributed by atoms with Gasteiger partial charge in [0, 0.05) is 24.7 Å². The minimum Gasteiger partial charge on any atom is -0.360 e. The molecule has 2 heterocycles. The molecule has 2 atom stereocenters. The zero-order valence-electron chi connectivity index (χ0n) is 13.3. The van der Waals surface area contributed by atoms with Crippen LogP contribution in [-0.2, 0) is 19.4 Å². The van der Waals surface area contributed by atoms with E-state index in [9.17, 15) is 4.79 Å². The van der Waals surface area contributed by atoms with Gasteiger partial charge in [0.2, 0.25) is 0 Å². The summed E-state index contributed by atoms with van der Waals surface area (Å²) in [5.41, 5.74) is 2.41. The Morgan fingerprint density at radius 3 is 3.18 bits per heavy atom. The van der Waals surface area contributed by atoms with Crippen molar-refractivity contribution >= 4 is 5.91 Å². The predicted octanol–water partition coefficient (Wildman–Crippen LogP) is 2.51. The molecular weight excluding hydrogens is 280 g/mol. The summed E-state index contributed by atoms with van der Waals surface area (Å²) in [6, 6.07) is 1.80. The lowest BCUT2D eigenvalue weighted by Crippen LogP contribution is -2.29.